The lowest BCUT2D eigenvalue weighted by atomic mass is 10.2. The van der Waals surface area contributed by atoms with Crippen molar-refractivity contribution in [1.29, 1.82) is 0 Å². The van der Waals surface area contributed by atoms with E-state index in [4.69, 9.17) is 10.5 Å². The van der Waals surface area contributed by atoms with Crippen molar-refractivity contribution in [3.63, 3.8) is 0 Å². The number of nitrogens with two attached hydrogens (primary N) is 1. The summed E-state index contributed by atoms with van der Waals surface area (Å²) in [6, 6.07) is 6.19. The average Bonchev–Trinajstić information content (AvgIpc) is 2.58. The van der Waals surface area contributed by atoms with E-state index in [1.807, 2.05) is 23.9 Å². The van der Waals surface area contributed by atoms with Gasteiger partial charge in [0.2, 0.25) is 0 Å². The van der Waals surface area contributed by atoms with E-state index in [9.17, 15) is 0 Å². The Labute approximate surface area is 95.2 Å². The van der Waals surface area contributed by atoms with Gasteiger partial charge < -0.3 is 10.5 Å². The molecule has 2 unspecified atom stereocenters. The molecule has 1 fully saturated rings. The largest absolute Gasteiger partial charge is 0.398 e. The van der Waals surface area contributed by atoms with Crippen molar-refractivity contribution < 1.29 is 4.74 Å². The molecule has 0 saturated carbocycles. The van der Waals surface area contributed by atoms with E-state index >= 15 is 0 Å². The van der Waals surface area contributed by atoms with Crippen LogP contribution in [0.15, 0.2) is 23.1 Å². The Hall–Kier alpha value is -0.670. The Balaban J connectivity index is 2.12. The summed E-state index contributed by atoms with van der Waals surface area (Å²) in [4.78, 5) is 1.19. The normalized spacial score (nSPS) is 25.7. The lowest BCUT2D eigenvalue weighted by molar-refractivity contribution is 0.127. The van der Waals surface area contributed by atoms with Crippen molar-refractivity contribution in [2.75, 3.05) is 12.3 Å². The number of ether oxygens (including phenoxy) is 1. The van der Waals surface area contributed by atoms with E-state index in [1.54, 1.807) is 0 Å². The second kappa shape index (κ2) is 4.45. The first-order chi connectivity index (χ1) is 7.16. The highest BCUT2D eigenvalue weighted by atomic mass is 32.2. The van der Waals surface area contributed by atoms with Crippen LogP contribution in [0.1, 0.15) is 18.9 Å². The SMILES string of the molecule is Cc1ccc(N)c(SC2CCOC2C)c1. The van der Waals surface area contributed by atoms with Crippen molar-refractivity contribution in [3.8, 4) is 0 Å². The van der Waals surface area contributed by atoms with E-state index in [0.29, 0.717) is 11.4 Å². The molecule has 1 aliphatic rings. The van der Waals surface area contributed by atoms with Crippen molar-refractivity contribution in [1.82, 2.24) is 0 Å². The Morgan fingerprint density at radius 3 is 2.93 bits per heavy atom. The van der Waals surface area contributed by atoms with E-state index in [0.717, 1.165) is 18.7 Å². The minimum atomic E-state index is 0.343. The number of anilines is 1. The first-order valence-corrected chi connectivity index (χ1v) is 6.19. The standard InChI is InChI=1S/C12H17NOS/c1-8-3-4-10(13)12(7-8)15-11-5-6-14-9(11)2/h3-4,7,9,11H,5-6,13H2,1-2H3. The zero-order valence-corrected chi connectivity index (χ0v) is 10.0. The Morgan fingerprint density at radius 2 is 2.27 bits per heavy atom. The highest BCUT2D eigenvalue weighted by Gasteiger charge is 2.25. The van der Waals surface area contributed by atoms with Crippen LogP contribution in [-0.2, 0) is 4.74 Å². The molecular weight excluding hydrogens is 206 g/mol. The minimum absolute atomic E-state index is 0.343. The van der Waals surface area contributed by atoms with Gasteiger partial charge in [0.15, 0.2) is 0 Å². The number of benzene rings is 1. The van der Waals surface area contributed by atoms with Gasteiger partial charge in [-0.3, -0.25) is 0 Å². The van der Waals surface area contributed by atoms with Gasteiger partial charge in [-0.15, -0.1) is 11.8 Å². The van der Waals surface area contributed by atoms with Crippen LogP contribution in [0.3, 0.4) is 0 Å². The van der Waals surface area contributed by atoms with Gasteiger partial charge >= 0.3 is 0 Å². The number of nitrogen functional groups attached to an aromatic ring is 1. The van der Waals surface area contributed by atoms with E-state index < -0.39 is 0 Å². The molecular formula is C12H17NOS. The Kier molecular flexibility index (Phi) is 3.22. The van der Waals surface area contributed by atoms with Gasteiger partial charge in [0.05, 0.1) is 6.10 Å². The van der Waals surface area contributed by atoms with Crippen LogP contribution in [0.4, 0.5) is 5.69 Å². The van der Waals surface area contributed by atoms with Crippen LogP contribution in [-0.4, -0.2) is 18.0 Å². The zero-order chi connectivity index (χ0) is 10.8. The molecule has 2 atom stereocenters. The predicted molar refractivity (Wildman–Crippen MR) is 65.3 cm³/mol. The first-order valence-electron chi connectivity index (χ1n) is 5.31. The molecule has 2 N–H and O–H groups in total. The third-order valence-electron chi connectivity index (χ3n) is 2.75. The molecule has 1 heterocycles. The highest BCUT2D eigenvalue weighted by Crippen LogP contribution is 2.35. The fourth-order valence-electron chi connectivity index (χ4n) is 1.77. The summed E-state index contributed by atoms with van der Waals surface area (Å²) in [5.74, 6) is 0. The maximum Gasteiger partial charge on any atom is 0.0669 e. The average molecular weight is 223 g/mol. The molecule has 0 aliphatic carbocycles. The molecule has 3 heteroatoms. The van der Waals surface area contributed by atoms with Crippen LogP contribution < -0.4 is 5.73 Å². The second-order valence-corrected chi connectivity index (χ2v) is 5.34. The smallest absolute Gasteiger partial charge is 0.0669 e. The maximum absolute atomic E-state index is 5.95. The van der Waals surface area contributed by atoms with E-state index in [1.165, 1.54) is 10.5 Å². The molecule has 0 amide bonds. The van der Waals surface area contributed by atoms with Crippen LogP contribution >= 0.6 is 11.8 Å². The van der Waals surface area contributed by atoms with Gasteiger partial charge in [-0.05, 0) is 38.0 Å². The van der Waals surface area contributed by atoms with Crippen LogP contribution in [0.25, 0.3) is 0 Å². The lowest BCUT2D eigenvalue weighted by Crippen LogP contribution is -2.13. The summed E-state index contributed by atoms with van der Waals surface area (Å²) in [5, 5.41) is 0.550. The van der Waals surface area contributed by atoms with Crippen LogP contribution in [0.5, 0.6) is 0 Å². The minimum Gasteiger partial charge on any atom is -0.398 e. The van der Waals surface area contributed by atoms with Crippen molar-refractivity contribution in [3.05, 3.63) is 23.8 Å². The Bertz CT molecular complexity index is 353. The molecule has 0 aromatic heterocycles. The van der Waals surface area contributed by atoms with Gasteiger partial charge in [-0.25, -0.2) is 0 Å². The molecule has 1 aromatic carbocycles. The molecule has 1 aromatic rings. The van der Waals surface area contributed by atoms with Crippen molar-refractivity contribution >= 4 is 17.4 Å². The van der Waals surface area contributed by atoms with Crippen LogP contribution in [0.2, 0.25) is 0 Å². The fourth-order valence-corrected chi connectivity index (χ4v) is 3.04. The van der Waals surface area contributed by atoms with Crippen LogP contribution in [0, 0.1) is 6.92 Å². The molecule has 2 rings (SSSR count). The summed E-state index contributed by atoms with van der Waals surface area (Å²) < 4.78 is 5.55. The third-order valence-corrected chi connectivity index (χ3v) is 4.28. The molecule has 0 spiro atoms. The van der Waals surface area contributed by atoms with Gasteiger partial charge in [0, 0.05) is 22.4 Å². The summed E-state index contributed by atoms with van der Waals surface area (Å²) in [6.07, 6.45) is 1.47. The zero-order valence-electron chi connectivity index (χ0n) is 9.19. The van der Waals surface area contributed by atoms with Gasteiger partial charge in [0.1, 0.15) is 0 Å². The van der Waals surface area contributed by atoms with Crippen molar-refractivity contribution in [2.24, 2.45) is 0 Å². The molecule has 15 heavy (non-hydrogen) atoms. The third kappa shape index (κ3) is 2.47. The quantitative estimate of drug-likeness (QED) is 0.783. The molecule has 2 nitrogen and oxygen atoms in total. The van der Waals surface area contributed by atoms with Gasteiger partial charge in [0.25, 0.3) is 0 Å². The number of rotatable bonds is 2. The number of hydrogen-bond acceptors (Lipinski definition) is 3. The number of hydrogen-bond donors (Lipinski definition) is 1. The molecule has 1 saturated heterocycles. The topological polar surface area (TPSA) is 35.2 Å². The molecule has 0 bridgehead atoms. The molecule has 1 aliphatic heterocycles. The summed E-state index contributed by atoms with van der Waals surface area (Å²) in [6.45, 7) is 5.11. The number of thioether (sulfide) groups is 1. The first kappa shape index (κ1) is 10.8. The summed E-state index contributed by atoms with van der Waals surface area (Å²) >= 11 is 1.85. The second-order valence-electron chi connectivity index (χ2n) is 4.06. The van der Waals surface area contributed by atoms with Crippen molar-refractivity contribution in [2.45, 2.75) is 36.5 Å². The molecule has 82 valence electrons. The number of aryl methyl sites for hydroxylation is 1. The summed E-state index contributed by atoms with van der Waals surface area (Å²) in [7, 11) is 0. The van der Waals surface area contributed by atoms with Gasteiger partial charge in [-0.1, -0.05) is 6.07 Å². The Morgan fingerprint density at radius 1 is 1.47 bits per heavy atom. The predicted octanol–water partition coefficient (Wildman–Crippen LogP) is 2.85. The fraction of sp³-hybridized carbons (Fsp3) is 0.500. The summed E-state index contributed by atoms with van der Waals surface area (Å²) in [5.41, 5.74) is 8.09. The van der Waals surface area contributed by atoms with E-state index in [2.05, 4.69) is 19.9 Å². The highest BCUT2D eigenvalue weighted by molar-refractivity contribution is 8.00. The van der Waals surface area contributed by atoms with E-state index in [-0.39, 0.29) is 0 Å². The van der Waals surface area contributed by atoms with Gasteiger partial charge in [-0.2, -0.15) is 0 Å². The lowest BCUT2D eigenvalue weighted by Gasteiger charge is -2.15. The molecule has 0 radical (unpaired) electrons. The monoisotopic (exact) mass is 223 g/mol. The maximum atomic E-state index is 5.95.